The maximum Gasteiger partial charge on any atom is 0.119 e. The first-order valence-electron chi connectivity index (χ1n) is 7.64. The Hall–Kier alpha value is -1.14. The molecule has 1 aliphatic rings. The molecule has 0 aromatic heterocycles. The predicted molar refractivity (Wildman–Crippen MR) is 82.1 cm³/mol. The van der Waals surface area contributed by atoms with Gasteiger partial charge in [0.2, 0.25) is 0 Å². The van der Waals surface area contributed by atoms with Gasteiger partial charge in [0.1, 0.15) is 18.5 Å². The summed E-state index contributed by atoms with van der Waals surface area (Å²) in [6.45, 7) is 3.42. The van der Waals surface area contributed by atoms with Crippen LogP contribution in [0.1, 0.15) is 18.4 Å². The number of aliphatic hydroxyl groups excluding tert-OH is 2. The van der Waals surface area contributed by atoms with Crippen molar-refractivity contribution in [3.8, 4) is 5.75 Å². The Balaban J connectivity index is 1.75. The van der Waals surface area contributed by atoms with Crippen LogP contribution in [-0.4, -0.2) is 54.1 Å². The fourth-order valence-electron chi connectivity index (χ4n) is 2.77. The summed E-state index contributed by atoms with van der Waals surface area (Å²) < 4.78 is 5.62. The van der Waals surface area contributed by atoms with Gasteiger partial charge in [-0.25, -0.2) is 0 Å². The molecular weight excluding hydrogens is 268 g/mol. The van der Waals surface area contributed by atoms with E-state index in [0.717, 1.165) is 37.2 Å². The Kier molecular flexibility index (Phi) is 6.45. The summed E-state index contributed by atoms with van der Waals surface area (Å²) in [5.41, 5.74) is 6.61. The molecule has 0 aliphatic carbocycles. The van der Waals surface area contributed by atoms with Gasteiger partial charge in [0.25, 0.3) is 0 Å². The third kappa shape index (κ3) is 5.28. The smallest absolute Gasteiger partial charge is 0.119 e. The van der Waals surface area contributed by atoms with E-state index in [1.807, 2.05) is 24.3 Å². The lowest BCUT2D eigenvalue weighted by molar-refractivity contribution is 0.0431. The Bertz CT molecular complexity index is 428. The number of benzene rings is 1. The lowest BCUT2D eigenvalue weighted by Gasteiger charge is -2.33. The van der Waals surface area contributed by atoms with Crippen LogP contribution in [0, 0.1) is 5.92 Å². The molecule has 1 aromatic carbocycles. The molecular formula is C16H26N2O3. The summed E-state index contributed by atoms with van der Waals surface area (Å²) in [6, 6.07) is 7.62. The number of hydrogen-bond acceptors (Lipinski definition) is 5. The van der Waals surface area contributed by atoms with Crippen molar-refractivity contribution in [1.82, 2.24) is 4.90 Å². The molecule has 0 saturated carbocycles. The predicted octanol–water partition coefficient (Wildman–Crippen LogP) is 0.589. The number of hydrogen-bond donors (Lipinski definition) is 3. The van der Waals surface area contributed by atoms with Gasteiger partial charge in [-0.3, -0.25) is 0 Å². The summed E-state index contributed by atoms with van der Waals surface area (Å²) in [7, 11) is 0. The highest BCUT2D eigenvalue weighted by molar-refractivity contribution is 5.28. The number of rotatable bonds is 7. The summed E-state index contributed by atoms with van der Waals surface area (Å²) in [5.74, 6) is 1.08. The number of ether oxygens (including phenoxy) is 1. The first-order valence-corrected chi connectivity index (χ1v) is 7.64. The molecule has 0 bridgehead atoms. The Morgan fingerprint density at radius 1 is 1.43 bits per heavy atom. The van der Waals surface area contributed by atoms with Gasteiger partial charge in [0, 0.05) is 26.2 Å². The highest BCUT2D eigenvalue weighted by Crippen LogP contribution is 2.17. The fourth-order valence-corrected chi connectivity index (χ4v) is 2.77. The molecule has 1 aromatic rings. The molecule has 4 N–H and O–H groups in total. The monoisotopic (exact) mass is 294 g/mol. The van der Waals surface area contributed by atoms with E-state index in [4.69, 9.17) is 10.5 Å². The number of aliphatic hydroxyl groups is 2. The zero-order chi connectivity index (χ0) is 15.1. The molecule has 2 atom stereocenters. The largest absolute Gasteiger partial charge is 0.491 e. The van der Waals surface area contributed by atoms with Crippen LogP contribution in [0.2, 0.25) is 0 Å². The Morgan fingerprint density at radius 2 is 2.29 bits per heavy atom. The fraction of sp³-hybridized carbons (Fsp3) is 0.625. The van der Waals surface area contributed by atoms with Gasteiger partial charge in [-0.1, -0.05) is 12.1 Å². The average Bonchev–Trinajstić information content (AvgIpc) is 2.53. The van der Waals surface area contributed by atoms with Gasteiger partial charge in [-0.05, 0) is 43.0 Å². The molecule has 0 amide bonds. The second-order valence-corrected chi connectivity index (χ2v) is 5.77. The zero-order valence-corrected chi connectivity index (χ0v) is 12.4. The van der Waals surface area contributed by atoms with E-state index in [2.05, 4.69) is 4.90 Å². The molecule has 118 valence electrons. The number of likely N-dealkylation sites (tertiary alicyclic amines) is 1. The van der Waals surface area contributed by atoms with Crippen molar-refractivity contribution in [2.24, 2.45) is 11.7 Å². The zero-order valence-electron chi connectivity index (χ0n) is 12.4. The minimum Gasteiger partial charge on any atom is -0.491 e. The van der Waals surface area contributed by atoms with Crippen LogP contribution in [0.25, 0.3) is 0 Å². The highest BCUT2D eigenvalue weighted by Gasteiger charge is 2.21. The highest BCUT2D eigenvalue weighted by atomic mass is 16.5. The molecule has 1 heterocycles. The van der Waals surface area contributed by atoms with Crippen LogP contribution in [0.3, 0.4) is 0 Å². The van der Waals surface area contributed by atoms with Crippen molar-refractivity contribution in [3.05, 3.63) is 29.8 Å². The number of β-amino-alcohol motifs (C(OH)–C–C–N with tert-alkyl or cyclic N) is 1. The molecule has 5 nitrogen and oxygen atoms in total. The van der Waals surface area contributed by atoms with Gasteiger partial charge in [0.15, 0.2) is 0 Å². The van der Waals surface area contributed by atoms with Crippen molar-refractivity contribution < 1.29 is 14.9 Å². The van der Waals surface area contributed by atoms with E-state index in [0.29, 0.717) is 19.0 Å². The van der Waals surface area contributed by atoms with Gasteiger partial charge < -0.3 is 25.6 Å². The molecule has 5 heteroatoms. The first kappa shape index (κ1) is 16.2. The average molecular weight is 294 g/mol. The van der Waals surface area contributed by atoms with Gasteiger partial charge in [-0.15, -0.1) is 0 Å². The van der Waals surface area contributed by atoms with Crippen molar-refractivity contribution in [2.45, 2.75) is 25.5 Å². The SMILES string of the molecule is NCc1cccc(OCC(O)CN2CCCC(CO)C2)c1. The van der Waals surface area contributed by atoms with Crippen molar-refractivity contribution in [3.63, 3.8) is 0 Å². The topological polar surface area (TPSA) is 79.0 Å². The van der Waals surface area contributed by atoms with Crippen LogP contribution in [0.15, 0.2) is 24.3 Å². The summed E-state index contributed by atoms with van der Waals surface area (Å²) >= 11 is 0. The summed E-state index contributed by atoms with van der Waals surface area (Å²) in [5, 5.41) is 19.3. The third-order valence-corrected chi connectivity index (χ3v) is 3.91. The van der Waals surface area contributed by atoms with E-state index >= 15 is 0 Å². The molecule has 1 saturated heterocycles. The Labute approximate surface area is 126 Å². The van der Waals surface area contributed by atoms with Crippen LogP contribution >= 0.6 is 0 Å². The van der Waals surface area contributed by atoms with E-state index in [9.17, 15) is 10.2 Å². The quantitative estimate of drug-likeness (QED) is 0.686. The first-order chi connectivity index (χ1) is 10.2. The molecule has 1 fully saturated rings. The molecule has 2 rings (SSSR count). The van der Waals surface area contributed by atoms with E-state index < -0.39 is 6.10 Å². The lowest BCUT2D eigenvalue weighted by atomic mass is 9.99. The normalized spacial score (nSPS) is 21.2. The van der Waals surface area contributed by atoms with Crippen molar-refractivity contribution in [1.29, 1.82) is 0 Å². The maximum absolute atomic E-state index is 10.1. The molecule has 21 heavy (non-hydrogen) atoms. The van der Waals surface area contributed by atoms with E-state index in [-0.39, 0.29) is 13.2 Å². The second kappa shape index (κ2) is 8.34. The number of nitrogens with zero attached hydrogens (tertiary/aromatic N) is 1. The minimum absolute atomic E-state index is 0.231. The Morgan fingerprint density at radius 3 is 3.05 bits per heavy atom. The van der Waals surface area contributed by atoms with Gasteiger partial charge >= 0.3 is 0 Å². The van der Waals surface area contributed by atoms with Crippen LogP contribution < -0.4 is 10.5 Å². The molecule has 0 spiro atoms. The lowest BCUT2D eigenvalue weighted by Crippen LogP contribution is -2.42. The van der Waals surface area contributed by atoms with Crippen molar-refractivity contribution >= 4 is 0 Å². The van der Waals surface area contributed by atoms with Gasteiger partial charge in [-0.2, -0.15) is 0 Å². The second-order valence-electron chi connectivity index (χ2n) is 5.77. The third-order valence-electron chi connectivity index (χ3n) is 3.91. The van der Waals surface area contributed by atoms with Crippen LogP contribution in [-0.2, 0) is 6.54 Å². The number of nitrogens with two attached hydrogens (primary N) is 1. The van der Waals surface area contributed by atoms with E-state index in [1.54, 1.807) is 0 Å². The molecule has 0 radical (unpaired) electrons. The summed E-state index contributed by atoms with van der Waals surface area (Å²) in [6.07, 6.45) is 1.63. The minimum atomic E-state index is -0.524. The van der Waals surface area contributed by atoms with Crippen LogP contribution in [0.4, 0.5) is 0 Å². The summed E-state index contributed by atoms with van der Waals surface area (Å²) in [4.78, 5) is 2.20. The van der Waals surface area contributed by atoms with Crippen molar-refractivity contribution in [2.75, 3.05) is 32.8 Å². The molecule has 1 aliphatic heterocycles. The number of piperidine rings is 1. The standard InChI is InChI=1S/C16H26N2O3/c17-8-13-3-1-5-16(7-13)21-12-15(20)10-18-6-2-4-14(9-18)11-19/h1,3,5,7,14-15,19-20H,2,4,6,8-12,17H2. The van der Waals surface area contributed by atoms with Gasteiger partial charge in [0.05, 0.1) is 0 Å². The van der Waals surface area contributed by atoms with Crippen LogP contribution in [0.5, 0.6) is 5.75 Å². The maximum atomic E-state index is 10.1. The van der Waals surface area contributed by atoms with E-state index in [1.165, 1.54) is 0 Å². The molecule has 2 unspecified atom stereocenters.